The number of hydrogen-bond donors (Lipinski definition) is 1. The highest BCUT2D eigenvalue weighted by Gasteiger charge is 2.13. The first-order chi connectivity index (χ1) is 13.2. The molecular weight excluding hydrogens is 336 g/mol. The van der Waals surface area contributed by atoms with E-state index in [1.165, 1.54) is 31.2 Å². The van der Waals surface area contributed by atoms with Crippen LogP contribution in [0.4, 0.5) is 5.69 Å². The molecule has 0 bridgehead atoms. The van der Waals surface area contributed by atoms with Crippen molar-refractivity contribution in [3.63, 3.8) is 0 Å². The molecule has 1 aliphatic carbocycles. The van der Waals surface area contributed by atoms with Crippen molar-refractivity contribution < 1.29 is 4.79 Å². The van der Waals surface area contributed by atoms with Crippen LogP contribution in [-0.4, -0.2) is 40.9 Å². The SMILES string of the molecule is CN(CCc1ccncc1)C(=O)c1cncc(NCCC2=CCCCC2)c1. The number of amides is 1. The van der Waals surface area contributed by atoms with Crippen molar-refractivity contribution >= 4 is 11.6 Å². The third kappa shape index (κ3) is 5.91. The average Bonchev–Trinajstić information content (AvgIpc) is 2.73. The van der Waals surface area contributed by atoms with Crippen LogP contribution in [0.25, 0.3) is 0 Å². The van der Waals surface area contributed by atoms with Crippen LogP contribution in [0.3, 0.4) is 0 Å². The second-order valence-corrected chi connectivity index (χ2v) is 7.08. The van der Waals surface area contributed by atoms with Crippen molar-refractivity contribution in [2.45, 2.75) is 38.5 Å². The number of rotatable bonds is 8. The van der Waals surface area contributed by atoms with Gasteiger partial charge in [-0.05, 0) is 62.3 Å². The molecule has 5 nitrogen and oxygen atoms in total. The van der Waals surface area contributed by atoms with Crippen LogP contribution in [0.15, 0.2) is 54.6 Å². The largest absolute Gasteiger partial charge is 0.383 e. The number of carbonyl (C=O) groups excluding carboxylic acids is 1. The van der Waals surface area contributed by atoms with Crippen LogP contribution in [0.5, 0.6) is 0 Å². The predicted octanol–water partition coefficient (Wildman–Crippen LogP) is 4.09. The molecule has 0 saturated heterocycles. The number of pyridine rings is 2. The summed E-state index contributed by atoms with van der Waals surface area (Å²) in [6.45, 7) is 1.54. The van der Waals surface area contributed by atoms with E-state index in [9.17, 15) is 4.79 Å². The highest BCUT2D eigenvalue weighted by molar-refractivity contribution is 5.94. The molecule has 0 aromatic carbocycles. The molecule has 27 heavy (non-hydrogen) atoms. The average molecular weight is 364 g/mol. The lowest BCUT2D eigenvalue weighted by Crippen LogP contribution is -2.29. The molecule has 2 aromatic rings. The summed E-state index contributed by atoms with van der Waals surface area (Å²) in [4.78, 5) is 22.7. The molecule has 1 amide bonds. The van der Waals surface area contributed by atoms with Crippen molar-refractivity contribution in [1.29, 1.82) is 0 Å². The molecule has 0 spiro atoms. The lowest BCUT2D eigenvalue weighted by molar-refractivity contribution is 0.0796. The Morgan fingerprint density at radius 2 is 2.00 bits per heavy atom. The number of carbonyl (C=O) groups is 1. The molecule has 142 valence electrons. The Morgan fingerprint density at radius 3 is 2.78 bits per heavy atom. The molecule has 0 atom stereocenters. The fourth-order valence-electron chi connectivity index (χ4n) is 3.32. The van der Waals surface area contributed by atoms with Gasteiger partial charge in [-0.3, -0.25) is 14.8 Å². The van der Waals surface area contributed by atoms with Gasteiger partial charge in [0.15, 0.2) is 0 Å². The predicted molar refractivity (Wildman–Crippen MR) is 109 cm³/mol. The van der Waals surface area contributed by atoms with E-state index in [4.69, 9.17) is 0 Å². The second-order valence-electron chi connectivity index (χ2n) is 7.08. The zero-order valence-corrected chi connectivity index (χ0v) is 16.0. The first-order valence-electron chi connectivity index (χ1n) is 9.73. The van der Waals surface area contributed by atoms with E-state index in [0.717, 1.165) is 25.1 Å². The van der Waals surface area contributed by atoms with Crippen LogP contribution in [-0.2, 0) is 6.42 Å². The summed E-state index contributed by atoms with van der Waals surface area (Å²) in [5, 5.41) is 3.40. The number of anilines is 1. The van der Waals surface area contributed by atoms with Gasteiger partial charge in [-0.15, -0.1) is 0 Å². The number of aromatic nitrogens is 2. The van der Waals surface area contributed by atoms with Crippen molar-refractivity contribution in [3.05, 3.63) is 65.8 Å². The van der Waals surface area contributed by atoms with Crippen molar-refractivity contribution in [1.82, 2.24) is 14.9 Å². The Bertz CT molecular complexity index is 773. The molecule has 0 unspecified atom stereocenters. The molecule has 0 fully saturated rings. The van der Waals surface area contributed by atoms with Crippen molar-refractivity contribution in [2.24, 2.45) is 0 Å². The Labute approximate surface area is 161 Å². The molecular formula is C22H28N4O. The molecule has 3 rings (SSSR count). The summed E-state index contributed by atoms with van der Waals surface area (Å²) in [7, 11) is 1.83. The smallest absolute Gasteiger partial charge is 0.255 e. The quantitative estimate of drug-likeness (QED) is 0.717. The topological polar surface area (TPSA) is 58.1 Å². The standard InChI is InChI=1S/C22H28N4O/c1-26(14-10-19-7-11-23-12-8-19)22(27)20-15-21(17-24-16-20)25-13-9-18-5-3-2-4-6-18/h5,7-8,11-12,15-17,25H,2-4,6,9-10,13-14H2,1H3. The zero-order valence-electron chi connectivity index (χ0n) is 16.0. The van der Waals surface area contributed by atoms with Gasteiger partial charge in [0.2, 0.25) is 0 Å². The van der Waals surface area contributed by atoms with Gasteiger partial charge in [0.25, 0.3) is 5.91 Å². The van der Waals surface area contributed by atoms with Crippen molar-refractivity contribution in [3.8, 4) is 0 Å². The molecule has 0 aliphatic heterocycles. The molecule has 5 heteroatoms. The van der Waals surface area contributed by atoms with Crippen molar-refractivity contribution in [2.75, 3.05) is 25.5 Å². The third-order valence-electron chi connectivity index (χ3n) is 4.98. The number of likely N-dealkylation sites (N-methyl/N-ethyl adjacent to an activating group) is 1. The Kier molecular flexibility index (Phi) is 6.97. The van der Waals surface area contributed by atoms with Crippen LogP contribution in [0.1, 0.15) is 48.0 Å². The first-order valence-corrected chi connectivity index (χ1v) is 9.73. The van der Waals surface area contributed by atoms with Gasteiger partial charge < -0.3 is 10.2 Å². The molecule has 2 heterocycles. The summed E-state index contributed by atoms with van der Waals surface area (Å²) in [6, 6.07) is 5.85. The van der Waals surface area contributed by atoms with Crippen LogP contribution >= 0.6 is 0 Å². The Balaban J connectivity index is 1.50. The Morgan fingerprint density at radius 1 is 1.15 bits per heavy atom. The zero-order chi connectivity index (χ0) is 18.9. The summed E-state index contributed by atoms with van der Waals surface area (Å²) in [5.74, 6) is -0.00445. The number of nitrogens with zero attached hydrogens (tertiary/aromatic N) is 3. The number of allylic oxidation sites excluding steroid dienone is 1. The summed E-state index contributed by atoms with van der Waals surface area (Å²) in [6.07, 6.45) is 16.3. The molecule has 2 aromatic heterocycles. The lowest BCUT2D eigenvalue weighted by atomic mass is 9.97. The van der Waals surface area contributed by atoms with Gasteiger partial charge in [0.05, 0.1) is 11.3 Å². The first kappa shape index (κ1) is 19.1. The fourth-order valence-corrected chi connectivity index (χ4v) is 3.32. The second kappa shape index (κ2) is 9.86. The Hall–Kier alpha value is -2.69. The van der Waals surface area contributed by atoms with E-state index < -0.39 is 0 Å². The maximum absolute atomic E-state index is 12.7. The molecule has 0 radical (unpaired) electrons. The lowest BCUT2D eigenvalue weighted by Gasteiger charge is -2.18. The van der Waals surface area contributed by atoms with Gasteiger partial charge in [-0.2, -0.15) is 0 Å². The number of hydrogen-bond acceptors (Lipinski definition) is 4. The highest BCUT2D eigenvalue weighted by Crippen LogP contribution is 2.20. The van der Waals surface area contributed by atoms with Gasteiger partial charge >= 0.3 is 0 Å². The van der Waals surface area contributed by atoms with Gasteiger partial charge in [-0.25, -0.2) is 0 Å². The van der Waals surface area contributed by atoms with Gasteiger partial charge in [0.1, 0.15) is 0 Å². The molecule has 0 saturated carbocycles. The van der Waals surface area contributed by atoms with E-state index >= 15 is 0 Å². The summed E-state index contributed by atoms with van der Waals surface area (Å²) >= 11 is 0. The van der Waals surface area contributed by atoms with Gasteiger partial charge in [-0.1, -0.05) is 11.6 Å². The van der Waals surface area contributed by atoms with Gasteiger partial charge in [0, 0.05) is 44.9 Å². The van der Waals surface area contributed by atoms with E-state index in [0.29, 0.717) is 12.1 Å². The monoisotopic (exact) mass is 364 g/mol. The minimum atomic E-state index is -0.00445. The molecule has 1 N–H and O–H groups in total. The summed E-state index contributed by atoms with van der Waals surface area (Å²) < 4.78 is 0. The van der Waals surface area contributed by atoms with Crippen LogP contribution in [0.2, 0.25) is 0 Å². The minimum Gasteiger partial charge on any atom is -0.383 e. The van der Waals surface area contributed by atoms with Crippen LogP contribution < -0.4 is 5.32 Å². The maximum Gasteiger partial charge on any atom is 0.255 e. The third-order valence-corrected chi connectivity index (χ3v) is 4.98. The van der Waals surface area contributed by atoms with E-state index in [1.54, 1.807) is 35.3 Å². The maximum atomic E-state index is 12.7. The number of nitrogens with one attached hydrogen (secondary N) is 1. The normalized spacial score (nSPS) is 13.7. The van der Waals surface area contributed by atoms with E-state index in [1.807, 2.05) is 25.2 Å². The highest BCUT2D eigenvalue weighted by atomic mass is 16.2. The minimum absolute atomic E-state index is 0.00445. The molecule has 1 aliphatic rings. The van der Waals surface area contributed by atoms with Crippen LogP contribution in [0, 0.1) is 0 Å². The fraction of sp³-hybridized carbons (Fsp3) is 0.409. The van der Waals surface area contributed by atoms with E-state index in [-0.39, 0.29) is 5.91 Å². The summed E-state index contributed by atoms with van der Waals surface area (Å²) in [5.41, 5.74) is 4.24. The van der Waals surface area contributed by atoms with E-state index in [2.05, 4.69) is 21.4 Å².